The van der Waals surface area contributed by atoms with Crippen LogP contribution in [0.5, 0.6) is 0 Å². The summed E-state index contributed by atoms with van der Waals surface area (Å²) in [6.07, 6.45) is 10.4. The number of hydrogen-bond donors (Lipinski definition) is 2. The highest BCUT2D eigenvalue weighted by molar-refractivity contribution is 5.85. The van der Waals surface area contributed by atoms with Crippen LogP contribution in [0.4, 0.5) is 0 Å². The van der Waals surface area contributed by atoms with E-state index in [-0.39, 0.29) is 0 Å². The van der Waals surface area contributed by atoms with Crippen LogP contribution in [-0.4, -0.2) is 66.1 Å². The van der Waals surface area contributed by atoms with Crippen molar-refractivity contribution in [3.05, 3.63) is 78.0 Å². The minimum Gasteiger partial charge on any atom is -0.376 e. The van der Waals surface area contributed by atoms with Crippen molar-refractivity contribution in [3.8, 4) is 5.69 Å². The van der Waals surface area contributed by atoms with Crippen LogP contribution in [0.15, 0.2) is 61.3 Å². The second kappa shape index (κ2) is 9.22. The fraction of sp³-hybridized carbons (Fsp3) is 0.429. The zero-order chi connectivity index (χ0) is 23.8. The van der Waals surface area contributed by atoms with Crippen LogP contribution in [-0.2, 0) is 19.4 Å². The standard InChI is InChI=1S/C28H34N6O/c1-21-16-28(35,34-13-10-22-5-2-3-6-24(22)18-34)11-14-32(21)12-4-7-23-17-29-27-9-8-25(15-26(23)27)33-19-30-31-20-33/h2-3,5-6,8-9,15,17,19-21,29,35H,4,7,10-14,16,18H2,1H3. The minimum absolute atomic E-state index is 0.370. The molecule has 0 saturated carbocycles. The number of aromatic nitrogens is 4. The first-order valence-electron chi connectivity index (χ1n) is 12.8. The Morgan fingerprint density at radius 3 is 2.74 bits per heavy atom. The third-order valence-corrected chi connectivity index (χ3v) is 8.12. The largest absolute Gasteiger partial charge is 0.376 e. The molecule has 2 aromatic heterocycles. The predicted octanol–water partition coefficient (Wildman–Crippen LogP) is 3.91. The second-order valence-electron chi connectivity index (χ2n) is 10.3. The van der Waals surface area contributed by atoms with Gasteiger partial charge in [-0.2, -0.15) is 0 Å². The van der Waals surface area contributed by atoms with Gasteiger partial charge in [-0.3, -0.25) is 9.47 Å². The molecule has 0 amide bonds. The number of H-pyrrole nitrogens is 1. The van der Waals surface area contributed by atoms with Crippen molar-refractivity contribution >= 4 is 10.9 Å². The Balaban J connectivity index is 1.06. The zero-order valence-corrected chi connectivity index (χ0v) is 20.4. The molecule has 182 valence electrons. The Labute approximate surface area is 206 Å². The number of aromatic amines is 1. The van der Waals surface area contributed by atoms with E-state index >= 15 is 0 Å². The quantitative estimate of drug-likeness (QED) is 0.447. The van der Waals surface area contributed by atoms with Crippen molar-refractivity contribution in [2.45, 2.75) is 57.3 Å². The Morgan fingerprint density at radius 1 is 1.09 bits per heavy atom. The number of aryl methyl sites for hydroxylation is 1. The Kier molecular flexibility index (Phi) is 5.92. The van der Waals surface area contributed by atoms with Crippen LogP contribution in [0, 0.1) is 0 Å². The summed E-state index contributed by atoms with van der Waals surface area (Å²) in [5.74, 6) is 0. The molecule has 4 aromatic rings. The molecule has 2 aliphatic heterocycles. The highest BCUT2D eigenvalue weighted by atomic mass is 16.3. The third-order valence-electron chi connectivity index (χ3n) is 8.12. The SMILES string of the molecule is CC1CC(O)(N2CCc3ccccc3C2)CCN1CCCc1c[nH]c2ccc(-n3cnnc3)cc12. The molecule has 1 fully saturated rings. The van der Waals surface area contributed by atoms with Crippen LogP contribution in [0.1, 0.15) is 42.9 Å². The highest BCUT2D eigenvalue weighted by Crippen LogP contribution is 2.34. The molecule has 4 heterocycles. The summed E-state index contributed by atoms with van der Waals surface area (Å²) in [5.41, 5.74) is 5.70. The monoisotopic (exact) mass is 470 g/mol. The normalized spacial score (nSPS) is 23.5. The molecule has 2 N–H and O–H groups in total. The second-order valence-corrected chi connectivity index (χ2v) is 10.3. The molecule has 1 saturated heterocycles. The van der Waals surface area contributed by atoms with Gasteiger partial charge in [0.15, 0.2) is 0 Å². The van der Waals surface area contributed by atoms with Crippen molar-refractivity contribution < 1.29 is 5.11 Å². The average Bonchev–Trinajstić information content (AvgIpc) is 3.55. The first-order chi connectivity index (χ1) is 17.1. The number of aliphatic hydroxyl groups is 1. The maximum atomic E-state index is 11.6. The van der Waals surface area contributed by atoms with E-state index in [2.05, 4.69) is 80.6 Å². The van der Waals surface area contributed by atoms with E-state index in [1.807, 2.05) is 4.57 Å². The summed E-state index contributed by atoms with van der Waals surface area (Å²) in [7, 11) is 0. The lowest BCUT2D eigenvalue weighted by molar-refractivity contribution is -0.159. The van der Waals surface area contributed by atoms with Crippen LogP contribution in [0.3, 0.4) is 0 Å². The molecule has 6 rings (SSSR count). The minimum atomic E-state index is -0.696. The molecule has 2 atom stereocenters. The van der Waals surface area contributed by atoms with Gasteiger partial charge in [0.2, 0.25) is 0 Å². The number of likely N-dealkylation sites (tertiary alicyclic amines) is 1. The van der Waals surface area contributed by atoms with E-state index in [4.69, 9.17) is 0 Å². The summed E-state index contributed by atoms with van der Waals surface area (Å²) in [6, 6.07) is 15.5. The lowest BCUT2D eigenvalue weighted by atomic mass is 9.89. The molecule has 2 aromatic carbocycles. The van der Waals surface area contributed by atoms with Gasteiger partial charge in [-0.1, -0.05) is 24.3 Å². The molecule has 0 aliphatic carbocycles. The van der Waals surface area contributed by atoms with E-state index in [1.54, 1.807) is 12.7 Å². The molecule has 0 bridgehead atoms. The van der Waals surface area contributed by atoms with Gasteiger partial charge in [0.1, 0.15) is 18.4 Å². The Hall–Kier alpha value is -3.00. The number of nitrogens with one attached hydrogen (secondary N) is 1. The maximum Gasteiger partial charge on any atom is 0.123 e. The average molecular weight is 471 g/mol. The van der Waals surface area contributed by atoms with Crippen molar-refractivity contribution in [1.29, 1.82) is 0 Å². The lowest BCUT2D eigenvalue weighted by Crippen LogP contribution is -2.59. The fourth-order valence-corrected chi connectivity index (χ4v) is 6.06. The highest BCUT2D eigenvalue weighted by Gasteiger charge is 2.41. The molecule has 2 unspecified atom stereocenters. The first-order valence-corrected chi connectivity index (χ1v) is 12.8. The smallest absolute Gasteiger partial charge is 0.123 e. The van der Waals surface area contributed by atoms with Gasteiger partial charge in [-0.15, -0.1) is 10.2 Å². The summed E-state index contributed by atoms with van der Waals surface area (Å²) in [5, 5.41) is 20.7. The summed E-state index contributed by atoms with van der Waals surface area (Å²) in [6.45, 7) is 6.08. The Morgan fingerprint density at radius 2 is 1.91 bits per heavy atom. The zero-order valence-electron chi connectivity index (χ0n) is 20.4. The van der Waals surface area contributed by atoms with Crippen LogP contribution < -0.4 is 0 Å². The molecule has 7 heteroatoms. The summed E-state index contributed by atoms with van der Waals surface area (Å²) in [4.78, 5) is 8.30. The summed E-state index contributed by atoms with van der Waals surface area (Å²) < 4.78 is 1.94. The van der Waals surface area contributed by atoms with Crippen molar-refractivity contribution in [2.75, 3.05) is 19.6 Å². The van der Waals surface area contributed by atoms with E-state index in [1.165, 1.54) is 22.1 Å². The fourth-order valence-electron chi connectivity index (χ4n) is 6.06. The van der Waals surface area contributed by atoms with E-state index in [9.17, 15) is 5.11 Å². The number of benzene rings is 2. The van der Waals surface area contributed by atoms with Gasteiger partial charge in [0.25, 0.3) is 0 Å². The topological polar surface area (TPSA) is 73.2 Å². The van der Waals surface area contributed by atoms with E-state index in [0.29, 0.717) is 6.04 Å². The van der Waals surface area contributed by atoms with Gasteiger partial charge in [-0.25, -0.2) is 0 Å². The molecule has 35 heavy (non-hydrogen) atoms. The third kappa shape index (κ3) is 4.40. The summed E-state index contributed by atoms with van der Waals surface area (Å²) >= 11 is 0. The number of fused-ring (bicyclic) bond motifs is 2. The van der Waals surface area contributed by atoms with Gasteiger partial charge in [0.05, 0.1) is 0 Å². The number of piperidine rings is 1. The molecular formula is C28H34N6O. The van der Waals surface area contributed by atoms with Gasteiger partial charge >= 0.3 is 0 Å². The van der Waals surface area contributed by atoms with E-state index in [0.717, 1.165) is 69.5 Å². The van der Waals surface area contributed by atoms with Crippen LogP contribution >= 0.6 is 0 Å². The van der Waals surface area contributed by atoms with E-state index < -0.39 is 5.72 Å². The van der Waals surface area contributed by atoms with Crippen molar-refractivity contribution in [2.24, 2.45) is 0 Å². The predicted molar refractivity (Wildman–Crippen MR) is 137 cm³/mol. The van der Waals surface area contributed by atoms with Gasteiger partial charge in [0, 0.05) is 61.3 Å². The Bertz CT molecular complexity index is 1300. The van der Waals surface area contributed by atoms with Crippen LogP contribution in [0.25, 0.3) is 16.6 Å². The molecule has 7 nitrogen and oxygen atoms in total. The first kappa shape index (κ1) is 22.5. The molecular weight excluding hydrogens is 436 g/mol. The molecule has 0 spiro atoms. The van der Waals surface area contributed by atoms with Crippen LogP contribution in [0.2, 0.25) is 0 Å². The van der Waals surface area contributed by atoms with Crippen molar-refractivity contribution in [3.63, 3.8) is 0 Å². The maximum absolute atomic E-state index is 11.6. The number of nitrogens with zero attached hydrogens (tertiary/aromatic N) is 5. The molecule has 2 aliphatic rings. The lowest BCUT2D eigenvalue weighted by Gasteiger charge is -2.49. The number of rotatable bonds is 6. The van der Waals surface area contributed by atoms with Gasteiger partial charge in [-0.05, 0) is 67.6 Å². The number of hydrogen-bond acceptors (Lipinski definition) is 5. The molecule has 0 radical (unpaired) electrons. The van der Waals surface area contributed by atoms with Crippen molar-refractivity contribution in [1.82, 2.24) is 29.5 Å². The van der Waals surface area contributed by atoms with Gasteiger partial charge < -0.3 is 15.0 Å².